The van der Waals surface area contributed by atoms with Gasteiger partial charge in [-0.05, 0) is 13.3 Å². The predicted octanol–water partition coefficient (Wildman–Crippen LogP) is -0.143. The van der Waals surface area contributed by atoms with Crippen molar-refractivity contribution in [3.63, 3.8) is 0 Å². The van der Waals surface area contributed by atoms with E-state index in [2.05, 4.69) is 0 Å². The second kappa shape index (κ2) is 8.39. The van der Waals surface area contributed by atoms with Crippen molar-refractivity contribution in [1.82, 2.24) is 4.90 Å². The number of carbonyl (C=O) groups is 2. The first kappa shape index (κ1) is 16.3. The minimum absolute atomic E-state index is 0.199. The second-order valence-corrected chi connectivity index (χ2v) is 5.41. The summed E-state index contributed by atoms with van der Waals surface area (Å²) in [6.45, 7) is 3.04. The molecule has 2 unspecified atom stereocenters. The van der Waals surface area contributed by atoms with Gasteiger partial charge in [0.05, 0.1) is 12.6 Å². The van der Waals surface area contributed by atoms with Crippen molar-refractivity contribution in [2.45, 2.75) is 25.4 Å². The van der Waals surface area contributed by atoms with E-state index in [0.29, 0.717) is 31.9 Å². The Balaban J connectivity index is 2.65. The summed E-state index contributed by atoms with van der Waals surface area (Å²) in [4.78, 5) is 25.7. The first-order valence-corrected chi connectivity index (χ1v) is 7.56. The van der Waals surface area contributed by atoms with Gasteiger partial charge in [0.15, 0.2) is 0 Å². The van der Waals surface area contributed by atoms with Crippen molar-refractivity contribution < 1.29 is 19.1 Å². The van der Waals surface area contributed by atoms with Crippen LogP contribution < -0.4 is 5.73 Å². The minimum Gasteiger partial charge on any atom is -0.464 e. The van der Waals surface area contributed by atoms with Crippen LogP contribution >= 0.6 is 11.8 Å². The first-order valence-electron chi connectivity index (χ1n) is 6.41. The van der Waals surface area contributed by atoms with E-state index in [1.54, 1.807) is 30.7 Å². The van der Waals surface area contributed by atoms with Crippen LogP contribution in [0.3, 0.4) is 0 Å². The zero-order valence-electron chi connectivity index (χ0n) is 11.5. The van der Waals surface area contributed by atoms with Crippen molar-refractivity contribution in [2.24, 2.45) is 5.73 Å². The zero-order chi connectivity index (χ0) is 14.3. The number of rotatable bonds is 6. The lowest BCUT2D eigenvalue weighted by atomic mass is 10.1. The molecule has 0 saturated carbocycles. The number of hydrogen-bond donors (Lipinski definition) is 1. The third-order valence-corrected chi connectivity index (χ3v) is 3.94. The molecule has 0 spiro atoms. The number of carbonyl (C=O) groups excluding carboxylic acids is 2. The van der Waals surface area contributed by atoms with E-state index in [1.165, 1.54) is 0 Å². The summed E-state index contributed by atoms with van der Waals surface area (Å²) in [6, 6.07) is -1.14. The highest BCUT2D eigenvalue weighted by Gasteiger charge is 2.35. The van der Waals surface area contributed by atoms with Gasteiger partial charge in [0.1, 0.15) is 6.04 Å². The van der Waals surface area contributed by atoms with Crippen molar-refractivity contribution in [3.8, 4) is 0 Å². The Hall–Kier alpha value is -0.790. The Morgan fingerprint density at radius 3 is 2.89 bits per heavy atom. The Bertz CT molecular complexity index is 314. The van der Waals surface area contributed by atoms with Gasteiger partial charge in [-0.2, -0.15) is 11.8 Å². The molecule has 0 aliphatic carbocycles. The highest BCUT2D eigenvalue weighted by molar-refractivity contribution is 7.99. The van der Waals surface area contributed by atoms with Gasteiger partial charge in [0.2, 0.25) is 5.91 Å². The predicted molar refractivity (Wildman–Crippen MR) is 73.9 cm³/mol. The van der Waals surface area contributed by atoms with Gasteiger partial charge >= 0.3 is 5.97 Å². The highest BCUT2D eigenvalue weighted by Crippen LogP contribution is 2.18. The molecule has 0 aromatic carbocycles. The molecule has 19 heavy (non-hydrogen) atoms. The number of esters is 1. The van der Waals surface area contributed by atoms with Crippen LogP contribution in [0.1, 0.15) is 13.3 Å². The maximum atomic E-state index is 12.3. The van der Waals surface area contributed by atoms with E-state index in [9.17, 15) is 9.59 Å². The largest absolute Gasteiger partial charge is 0.464 e. The monoisotopic (exact) mass is 290 g/mol. The average Bonchev–Trinajstić information content (AvgIpc) is 2.44. The Morgan fingerprint density at radius 1 is 1.53 bits per heavy atom. The van der Waals surface area contributed by atoms with Crippen LogP contribution in [0.4, 0.5) is 0 Å². The molecule has 2 atom stereocenters. The van der Waals surface area contributed by atoms with Gasteiger partial charge in [-0.15, -0.1) is 0 Å². The van der Waals surface area contributed by atoms with E-state index >= 15 is 0 Å². The molecule has 0 aromatic rings. The number of ether oxygens (including phenoxy) is 2. The summed E-state index contributed by atoms with van der Waals surface area (Å²) in [5.74, 6) is 0.845. The molecule has 1 rings (SSSR count). The number of amides is 1. The van der Waals surface area contributed by atoms with Crippen LogP contribution in [-0.4, -0.2) is 67.2 Å². The van der Waals surface area contributed by atoms with Gasteiger partial charge in [-0.1, -0.05) is 0 Å². The maximum absolute atomic E-state index is 12.3. The molecular weight excluding hydrogens is 268 g/mol. The fraction of sp³-hybridized carbons (Fsp3) is 0.833. The van der Waals surface area contributed by atoms with E-state index in [0.717, 1.165) is 5.75 Å². The Kier molecular flexibility index (Phi) is 7.19. The number of hydrogen-bond acceptors (Lipinski definition) is 6. The summed E-state index contributed by atoms with van der Waals surface area (Å²) in [7, 11) is 1.57. The van der Waals surface area contributed by atoms with Gasteiger partial charge in [-0.25, -0.2) is 4.79 Å². The molecule has 2 N–H and O–H groups in total. The average molecular weight is 290 g/mol. The molecule has 0 radical (unpaired) electrons. The van der Waals surface area contributed by atoms with Crippen LogP contribution in [0, 0.1) is 0 Å². The van der Waals surface area contributed by atoms with Crippen molar-refractivity contribution in [3.05, 3.63) is 0 Å². The van der Waals surface area contributed by atoms with Crippen LogP contribution in [0.15, 0.2) is 0 Å². The van der Waals surface area contributed by atoms with E-state index in [4.69, 9.17) is 15.2 Å². The summed E-state index contributed by atoms with van der Waals surface area (Å²) < 4.78 is 9.93. The normalized spacial score (nSPS) is 21.0. The van der Waals surface area contributed by atoms with E-state index < -0.39 is 12.1 Å². The third kappa shape index (κ3) is 4.67. The molecule has 0 aromatic heterocycles. The van der Waals surface area contributed by atoms with Crippen molar-refractivity contribution in [2.75, 3.05) is 38.4 Å². The number of methoxy groups -OCH3 is 1. The van der Waals surface area contributed by atoms with Crippen LogP contribution in [0.25, 0.3) is 0 Å². The SMILES string of the molecule is CCOC(=O)C1CSCCN1C(=O)C(N)CCOC. The first-order chi connectivity index (χ1) is 9.11. The zero-order valence-corrected chi connectivity index (χ0v) is 12.3. The molecular formula is C12H22N2O4S. The highest BCUT2D eigenvalue weighted by atomic mass is 32.2. The Morgan fingerprint density at radius 2 is 2.26 bits per heavy atom. The fourth-order valence-electron chi connectivity index (χ4n) is 1.88. The van der Waals surface area contributed by atoms with Crippen LogP contribution in [-0.2, 0) is 19.1 Å². The topological polar surface area (TPSA) is 81.9 Å². The quantitative estimate of drug-likeness (QED) is 0.686. The third-order valence-electron chi connectivity index (χ3n) is 2.92. The van der Waals surface area contributed by atoms with E-state index in [-0.39, 0.29) is 11.9 Å². The second-order valence-electron chi connectivity index (χ2n) is 4.26. The minimum atomic E-state index is -0.625. The summed E-state index contributed by atoms with van der Waals surface area (Å²) in [5, 5.41) is 0. The summed E-state index contributed by atoms with van der Waals surface area (Å²) in [6.07, 6.45) is 0.453. The molecule has 0 bridgehead atoms. The maximum Gasteiger partial charge on any atom is 0.329 e. The molecule has 6 nitrogen and oxygen atoms in total. The molecule has 1 fully saturated rings. The lowest BCUT2D eigenvalue weighted by Crippen LogP contribution is -2.55. The fourth-order valence-corrected chi connectivity index (χ4v) is 2.91. The van der Waals surface area contributed by atoms with Crippen molar-refractivity contribution in [1.29, 1.82) is 0 Å². The standard InChI is InChI=1S/C12H22N2O4S/c1-3-18-12(16)10-8-19-7-5-14(10)11(15)9(13)4-6-17-2/h9-10H,3-8,13H2,1-2H3. The van der Waals surface area contributed by atoms with Crippen molar-refractivity contribution >= 4 is 23.6 Å². The molecule has 1 heterocycles. The van der Waals surface area contributed by atoms with Gasteiger partial charge in [0, 0.05) is 31.8 Å². The van der Waals surface area contributed by atoms with E-state index in [1.807, 2.05) is 0 Å². The number of nitrogens with zero attached hydrogens (tertiary/aromatic N) is 1. The molecule has 7 heteroatoms. The lowest BCUT2D eigenvalue weighted by molar-refractivity contribution is -0.154. The van der Waals surface area contributed by atoms with Crippen LogP contribution in [0.5, 0.6) is 0 Å². The lowest BCUT2D eigenvalue weighted by Gasteiger charge is -2.35. The Labute approximate surface area is 118 Å². The van der Waals surface area contributed by atoms with Gasteiger partial charge in [-0.3, -0.25) is 4.79 Å². The molecule has 110 valence electrons. The summed E-state index contributed by atoms with van der Waals surface area (Å²) in [5.41, 5.74) is 5.84. The van der Waals surface area contributed by atoms with Gasteiger partial charge in [0.25, 0.3) is 0 Å². The summed E-state index contributed by atoms with van der Waals surface area (Å²) >= 11 is 1.65. The molecule has 1 amide bonds. The molecule has 1 aliphatic rings. The molecule has 1 aliphatic heterocycles. The van der Waals surface area contributed by atoms with Gasteiger partial charge < -0.3 is 20.1 Å². The number of nitrogens with two attached hydrogens (primary N) is 1. The van der Waals surface area contributed by atoms with Crippen LogP contribution in [0.2, 0.25) is 0 Å². The smallest absolute Gasteiger partial charge is 0.329 e. The number of thioether (sulfide) groups is 1. The molecule has 1 saturated heterocycles.